The zero-order valence-corrected chi connectivity index (χ0v) is 19.9. The number of carbonyl (C=O) groups is 1. The van der Waals surface area contributed by atoms with Crippen LogP contribution >= 0.6 is 0 Å². The quantitative estimate of drug-likeness (QED) is 0.673. The van der Waals surface area contributed by atoms with Gasteiger partial charge in [-0.25, -0.2) is 8.42 Å². The maximum atomic E-state index is 12.9. The highest BCUT2D eigenvalue weighted by Crippen LogP contribution is 2.27. The third-order valence-corrected chi connectivity index (χ3v) is 7.18. The van der Waals surface area contributed by atoms with Gasteiger partial charge in [-0.1, -0.05) is 63.2 Å². The van der Waals surface area contributed by atoms with E-state index in [0.29, 0.717) is 24.7 Å². The topological polar surface area (TPSA) is 57.7 Å². The predicted octanol–water partition coefficient (Wildman–Crippen LogP) is 4.23. The Morgan fingerprint density at radius 1 is 1.00 bits per heavy atom. The fourth-order valence-corrected chi connectivity index (χ4v) is 4.93. The van der Waals surface area contributed by atoms with Crippen molar-refractivity contribution in [1.29, 1.82) is 0 Å². The number of hydrogen-bond donors (Lipinski definition) is 0. The molecule has 1 aliphatic rings. The summed E-state index contributed by atoms with van der Waals surface area (Å²) >= 11 is 0. The number of anilines is 1. The van der Waals surface area contributed by atoms with Crippen LogP contribution in [0.1, 0.15) is 44.7 Å². The van der Waals surface area contributed by atoms with E-state index in [4.69, 9.17) is 0 Å². The van der Waals surface area contributed by atoms with Gasteiger partial charge in [0.15, 0.2) is 0 Å². The molecule has 168 valence electrons. The lowest BCUT2D eigenvalue weighted by Crippen LogP contribution is -2.46. The van der Waals surface area contributed by atoms with E-state index in [-0.39, 0.29) is 17.9 Å². The summed E-state index contributed by atoms with van der Waals surface area (Å²) in [6.07, 6.45) is 4.07. The summed E-state index contributed by atoms with van der Waals surface area (Å²) in [7, 11) is -3.57. The van der Waals surface area contributed by atoms with Crippen LogP contribution in [0.3, 0.4) is 0 Å². The first-order valence-electron chi connectivity index (χ1n) is 10.9. The fourth-order valence-electron chi connectivity index (χ4n) is 4.08. The molecule has 0 spiro atoms. The second-order valence-corrected chi connectivity index (χ2v) is 11.5. The zero-order chi connectivity index (χ0) is 22.6. The third-order valence-electron chi connectivity index (χ3n) is 6.03. The predicted molar refractivity (Wildman–Crippen MR) is 127 cm³/mol. The molecule has 3 rings (SSSR count). The first kappa shape index (κ1) is 23.3. The molecule has 2 aromatic carbocycles. The Labute approximate surface area is 187 Å². The summed E-state index contributed by atoms with van der Waals surface area (Å²) in [6.45, 7) is 7.54. The molecule has 0 N–H and O–H groups in total. The first-order valence-corrected chi connectivity index (χ1v) is 12.8. The van der Waals surface area contributed by atoms with Crippen molar-refractivity contribution in [2.75, 3.05) is 30.2 Å². The van der Waals surface area contributed by atoms with E-state index >= 15 is 0 Å². The van der Waals surface area contributed by atoms with Gasteiger partial charge < -0.3 is 4.90 Å². The summed E-state index contributed by atoms with van der Waals surface area (Å²) in [6, 6.07) is 17.9. The average Bonchev–Trinajstić information content (AvgIpc) is 2.72. The Balaban J connectivity index is 1.63. The van der Waals surface area contributed by atoms with Crippen LogP contribution in [0.15, 0.2) is 54.6 Å². The maximum absolute atomic E-state index is 12.9. The molecule has 0 atom stereocenters. The highest BCUT2D eigenvalue weighted by Gasteiger charge is 2.27. The lowest BCUT2D eigenvalue weighted by atomic mass is 9.87. The van der Waals surface area contributed by atoms with E-state index in [0.717, 1.165) is 31.1 Å². The molecule has 0 aliphatic carbocycles. The number of sulfonamides is 1. The standard InChI is InChI=1S/C25H34N2O3S/c1-25(2,3)22-10-12-23(13-11-22)27(31(4,29)30)19-24(28)26-16-14-21(15-17-26)18-20-8-6-5-7-9-20/h5-13,21H,14-19H2,1-4H3. The zero-order valence-electron chi connectivity index (χ0n) is 19.0. The summed E-state index contributed by atoms with van der Waals surface area (Å²) in [4.78, 5) is 14.7. The van der Waals surface area contributed by atoms with E-state index in [2.05, 4.69) is 45.0 Å². The van der Waals surface area contributed by atoms with Crippen LogP contribution in [-0.4, -0.2) is 45.1 Å². The lowest BCUT2D eigenvalue weighted by molar-refractivity contribution is -0.130. The SMILES string of the molecule is CC(C)(C)c1ccc(N(CC(=O)N2CCC(Cc3ccccc3)CC2)S(C)(=O)=O)cc1. The van der Waals surface area contributed by atoms with E-state index in [1.807, 2.05) is 23.1 Å². The lowest BCUT2D eigenvalue weighted by Gasteiger charge is -2.34. The van der Waals surface area contributed by atoms with Gasteiger partial charge >= 0.3 is 0 Å². The van der Waals surface area contributed by atoms with Crippen LogP contribution in [0.2, 0.25) is 0 Å². The highest BCUT2D eigenvalue weighted by atomic mass is 32.2. The van der Waals surface area contributed by atoms with Gasteiger partial charge in [-0.05, 0) is 53.9 Å². The Morgan fingerprint density at radius 3 is 2.10 bits per heavy atom. The van der Waals surface area contributed by atoms with Gasteiger partial charge in [-0.3, -0.25) is 9.10 Å². The molecular weight excluding hydrogens is 408 g/mol. The van der Waals surface area contributed by atoms with Crippen LogP contribution in [0.25, 0.3) is 0 Å². The number of amides is 1. The number of carbonyl (C=O) groups excluding carboxylic acids is 1. The van der Waals surface area contributed by atoms with E-state index in [1.165, 1.54) is 9.87 Å². The van der Waals surface area contributed by atoms with Crippen molar-refractivity contribution in [3.8, 4) is 0 Å². The van der Waals surface area contributed by atoms with Gasteiger partial charge in [0.25, 0.3) is 0 Å². The second-order valence-electron chi connectivity index (χ2n) is 9.58. The summed E-state index contributed by atoms with van der Waals surface area (Å²) in [5.74, 6) is 0.422. The molecule has 1 heterocycles. The summed E-state index contributed by atoms with van der Waals surface area (Å²) in [5, 5.41) is 0. The molecule has 5 nitrogen and oxygen atoms in total. The van der Waals surface area contributed by atoms with Gasteiger partial charge in [-0.15, -0.1) is 0 Å². The van der Waals surface area contributed by atoms with Crippen LogP contribution in [0, 0.1) is 5.92 Å². The normalized spacial score (nSPS) is 15.7. The van der Waals surface area contributed by atoms with Crippen LogP contribution in [-0.2, 0) is 26.7 Å². The largest absolute Gasteiger partial charge is 0.341 e. The van der Waals surface area contributed by atoms with Crippen LogP contribution < -0.4 is 4.31 Å². The first-order chi connectivity index (χ1) is 14.5. The number of nitrogens with zero attached hydrogens (tertiary/aromatic N) is 2. The van der Waals surface area contributed by atoms with Crippen molar-refractivity contribution in [3.05, 3.63) is 65.7 Å². The minimum atomic E-state index is -3.57. The average molecular weight is 443 g/mol. The van der Waals surface area contributed by atoms with Crippen molar-refractivity contribution < 1.29 is 13.2 Å². The molecule has 6 heteroatoms. The molecular formula is C25H34N2O3S. The van der Waals surface area contributed by atoms with E-state index < -0.39 is 10.0 Å². The van der Waals surface area contributed by atoms with Gasteiger partial charge in [0, 0.05) is 13.1 Å². The molecule has 1 aliphatic heterocycles. The second kappa shape index (κ2) is 9.43. The number of hydrogen-bond acceptors (Lipinski definition) is 3. The van der Waals surface area contributed by atoms with Crippen LogP contribution in [0.4, 0.5) is 5.69 Å². The van der Waals surface area contributed by atoms with E-state index in [1.54, 1.807) is 12.1 Å². The Bertz CT molecular complexity index is 972. The van der Waals surface area contributed by atoms with Gasteiger partial charge in [0.2, 0.25) is 15.9 Å². The number of rotatable bonds is 6. The molecule has 1 amide bonds. The van der Waals surface area contributed by atoms with E-state index in [9.17, 15) is 13.2 Å². The number of piperidine rings is 1. The summed E-state index contributed by atoms with van der Waals surface area (Å²) < 4.78 is 26.1. The van der Waals surface area contributed by atoms with Gasteiger partial charge in [-0.2, -0.15) is 0 Å². The molecule has 2 aromatic rings. The Hall–Kier alpha value is -2.34. The van der Waals surface area contributed by atoms with Gasteiger partial charge in [0.1, 0.15) is 6.54 Å². The Kier molecular flexibility index (Phi) is 7.10. The van der Waals surface area contributed by atoms with Crippen molar-refractivity contribution in [1.82, 2.24) is 4.90 Å². The van der Waals surface area contributed by atoms with Crippen molar-refractivity contribution in [2.24, 2.45) is 5.92 Å². The molecule has 0 saturated carbocycles. The number of likely N-dealkylation sites (tertiary alicyclic amines) is 1. The highest BCUT2D eigenvalue weighted by molar-refractivity contribution is 7.92. The monoisotopic (exact) mass is 442 g/mol. The van der Waals surface area contributed by atoms with Crippen molar-refractivity contribution in [2.45, 2.75) is 45.4 Å². The minimum absolute atomic E-state index is 0.0195. The molecule has 0 radical (unpaired) electrons. The maximum Gasteiger partial charge on any atom is 0.243 e. The molecule has 1 fully saturated rings. The smallest absolute Gasteiger partial charge is 0.243 e. The van der Waals surface area contributed by atoms with Gasteiger partial charge in [0.05, 0.1) is 11.9 Å². The van der Waals surface area contributed by atoms with Crippen LogP contribution in [0.5, 0.6) is 0 Å². The number of benzene rings is 2. The van der Waals surface area contributed by atoms with Crippen molar-refractivity contribution >= 4 is 21.6 Å². The third kappa shape index (κ3) is 6.33. The minimum Gasteiger partial charge on any atom is -0.341 e. The van der Waals surface area contributed by atoms with Crippen molar-refractivity contribution in [3.63, 3.8) is 0 Å². The molecule has 31 heavy (non-hydrogen) atoms. The molecule has 0 aromatic heterocycles. The molecule has 1 saturated heterocycles. The molecule has 0 bridgehead atoms. The molecule has 0 unspecified atom stereocenters. The fraction of sp³-hybridized carbons (Fsp3) is 0.480. The Morgan fingerprint density at radius 2 is 1.58 bits per heavy atom. The summed E-state index contributed by atoms with van der Waals surface area (Å²) in [5.41, 5.74) is 2.96.